The van der Waals surface area contributed by atoms with Crippen LogP contribution in [0.25, 0.3) is 44.1 Å². The van der Waals surface area contributed by atoms with Crippen molar-refractivity contribution in [3.63, 3.8) is 0 Å². The van der Waals surface area contributed by atoms with E-state index in [2.05, 4.69) is 41.2 Å². The monoisotopic (exact) mass is 1240 g/mol. The van der Waals surface area contributed by atoms with Crippen LogP contribution in [0.5, 0.6) is 0 Å². The van der Waals surface area contributed by atoms with Gasteiger partial charge in [-0.1, -0.05) is 96.7 Å². The largest absolute Gasteiger partial charge is 0.480 e. The van der Waals surface area contributed by atoms with Crippen molar-refractivity contribution < 1.29 is 42.7 Å². The lowest BCUT2D eigenvalue weighted by Gasteiger charge is -2.22. The van der Waals surface area contributed by atoms with Crippen molar-refractivity contribution in [2.24, 2.45) is 5.92 Å². The summed E-state index contributed by atoms with van der Waals surface area (Å²) >= 11 is 12.4. The highest BCUT2D eigenvalue weighted by Crippen LogP contribution is 2.37. The van der Waals surface area contributed by atoms with E-state index in [4.69, 9.17) is 28.3 Å². The van der Waals surface area contributed by atoms with Crippen LogP contribution in [0.3, 0.4) is 0 Å². The summed E-state index contributed by atoms with van der Waals surface area (Å²) in [4.78, 5) is 91.3. The van der Waals surface area contributed by atoms with Crippen LogP contribution in [0, 0.1) is 17.6 Å². The minimum absolute atomic E-state index is 0.00426. The van der Waals surface area contributed by atoms with E-state index < -0.39 is 23.5 Å². The van der Waals surface area contributed by atoms with Crippen LogP contribution in [0.4, 0.5) is 42.9 Å². The molecule has 10 aromatic rings. The molecule has 4 heterocycles. The van der Waals surface area contributed by atoms with E-state index in [-0.39, 0.29) is 66.0 Å². The molecular weight excluding hydrogens is 1180 g/mol. The number of rotatable bonds is 20. The molecule has 2 fully saturated rings. The van der Waals surface area contributed by atoms with Crippen LogP contribution in [0.2, 0.25) is 10.0 Å². The van der Waals surface area contributed by atoms with Gasteiger partial charge in [0.15, 0.2) is 23.2 Å². The molecule has 12 rings (SSSR count). The van der Waals surface area contributed by atoms with Gasteiger partial charge in [0, 0.05) is 101 Å². The fourth-order valence-corrected chi connectivity index (χ4v) is 10.6. The van der Waals surface area contributed by atoms with Gasteiger partial charge in [-0.3, -0.25) is 28.8 Å². The number of anilines is 6. The number of nitrogens with zero attached hydrogens (tertiary/aromatic N) is 7. The first-order valence-electron chi connectivity index (χ1n) is 28.5. The molecule has 452 valence electrons. The molecule has 0 radical (unpaired) electrons. The molecule has 5 N–H and O–H groups in total. The number of hydrogen-bond donors (Lipinski definition) is 5. The molecule has 0 spiro atoms. The van der Waals surface area contributed by atoms with Crippen LogP contribution in [0.15, 0.2) is 171 Å². The number of carbonyl (C=O) groups excluding carboxylic acids is 5. The predicted molar refractivity (Wildman–Crippen MR) is 340 cm³/mol. The van der Waals surface area contributed by atoms with Crippen LogP contribution >= 0.6 is 23.2 Å². The van der Waals surface area contributed by atoms with Crippen LogP contribution in [-0.4, -0.2) is 86.9 Å². The van der Waals surface area contributed by atoms with Crippen molar-refractivity contribution in [1.82, 2.24) is 34.0 Å². The molecule has 22 heteroatoms. The molecule has 2 aliphatic rings. The molecule has 4 aromatic heterocycles. The predicted octanol–water partition coefficient (Wildman–Crippen LogP) is 14.2. The maximum Gasteiger partial charge on any atom is 0.323 e. The van der Waals surface area contributed by atoms with E-state index in [1.165, 1.54) is 50.3 Å². The van der Waals surface area contributed by atoms with E-state index in [1.807, 2.05) is 36.4 Å². The van der Waals surface area contributed by atoms with E-state index in [9.17, 15) is 33.2 Å². The van der Waals surface area contributed by atoms with Gasteiger partial charge in [0.05, 0.1) is 47.5 Å². The number of carboxylic acids is 1. The van der Waals surface area contributed by atoms with Gasteiger partial charge in [-0.05, 0) is 99.7 Å². The number of aliphatic carboxylic acids is 1. The van der Waals surface area contributed by atoms with Gasteiger partial charge in [-0.2, -0.15) is 0 Å². The number of benzene rings is 6. The minimum atomic E-state index is -0.958. The number of amides is 3. The summed E-state index contributed by atoms with van der Waals surface area (Å²) in [6.45, 7) is 2.45. The standard InChI is InChI=1S/C33H28ClFN6O3.C18H17ClFNO.C16H14N4O3/c1-20(42)27-16-40(30-12-9-21(13-26(27)30)38-22-14-36-19-37-15-22)18-32(44)41(23-10-11-23)17-31(43)39-29-8-4-6-25(33(29)35)24-5-2-3-7-28(24)34;19-15-6-2-1-4-13(15)14-5-3-7-16(18(14)20)21-17(22)11-10-12-8-9-12;1-10(21)14-7-20(8-16(22)23)15-3-2-11(4-13(14)15)19-12-5-17-9-18-6-12/h2-9,12-16,19,23,38H,10-11,17-18H2,1H3,(H,39,43);1-7,12H,8-11H2,(H,21,22);2-7,9,19H,8H2,1H3,(H,22,23). The summed E-state index contributed by atoms with van der Waals surface area (Å²) in [5.41, 5.74) is 7.30. The number of Topliss-reactive ketones (excluding diaryl/α,β-unsaturated/α-hetero) is 2. The third-order valence-corrected chi connectivity index (χ3v) is 15.5. The molecule has 0 aliphatic heterocycles. The Bertz CT molecular complexity index is 4290. The number of ketones is 2. The molecule has 2 aliphatic carbocycles. The van der Waals surface area contributed by atoms with Gasteiger partial charge in [-0.25, -0.2) is 28.7 Å². The third-order valence-electron chi connectivity index (χ3n) is 14.8. The van der Waals surface area contributed by atoms with Gasteiger partial charge >= 0.3 is 5.97 Å². The zero-order valence-corrected chi connectivity index (χ0v) is 49.7. The van der Waals surface area contributed by atoms with E-state index in [0.29, 0.717) is 77.7 Å². The summed E-state index contributed by atoms with van der Waals surface area (Å²) in [6.07, 6.45) is 18.0. The normalized spacial score (nSPS) is 12.4. The summed E-state index contributed by atoms with van der Waals surface area (Å²) < 4.78 is 33.3. The lowest BCUT2D eigenvalue weighted by atomic mass is 10.0. The van der Waals surface area contributed by atoms with Crippen LogP contribution in [0.1, 0.15) is 73.1 Å². The molecule has 2 saturated carbocycles. The number of carboxylic acid groups (broad SMARTS) is 1. The maximum absolute atomic E-state index is 15.4. The fraction of sp³-hybridized carbons (Fsp3) is 0.194. The van der Waals surface area contributed by atoms with Gasteiger partial charge in [0.1, 0.15) is 32.3 Å². The lowest BCUT2D eigenvalue weighted by molar-refractivity contribution is -0.137. The Labute approximate surface area is 520 Å². The van der Waals surface area contributed by atoms with Crippen molar-refractivity contribution in [1.29, 1.82) is 0 Å². The van der Waals surface area contributed by atoms with Crippen molar-refractivity contribution in [3.8, 4) is 22.3 Å². The topological polar surface area (TPSA) is 235 Å². The molecular formula is C67H59Cl2F2N11O7. The average Bonchev–Trinajstić information content (AvgIpc) is 1.82. The average molecular weight is 1240 g/mol. The summed E-state index contributed by atoms with van der Waals surface area (Å²) in [5, 5.41) is 22.9. The van der Waals surface area contributed by atoms with Gasteiger partial charge in [-0.15, -0.1) is 0 Å². The quantitative estimate of drug-likeness (QED) is 0.0447. The molecule has 18 nitrogen and oxygen atoms in total. The minimum Gasteiger partial charge on any atom is -0.480 e. The molecule has 0 saturated heterocycles. The number of hydrogen-bond acceptors (Lipinski definition) is 12. The first-order valence-corrected chi connectivity index (χ1v) is 29.2. The zero-order valence-electron chi connectivity index (χ0n) is 48.2. The maximum atomic E-state index is 15.4. The zero-order chi connectivity index (χ0) is 62.7. The van der Waals surface area contributed by atoms with Gasteiger partial charge in [0.25, 0.3) is 0 Å². The Morgan fingerprint density at radius 1 is 0.562 bits per heavy atom. The van der Waals surface area contributed by atoms with Crippen molar-refractivity contribution in [2.75, 3.05) is 27.8 Å². The highest BCUT2D eigenvalue weighted by molar-refractivity contribution is 6.33. The fourth-order valence-electron chi connectivity index (χ4n) is 10.2. The Hall–Kier alpha value is -10.2. The number of carbonyl (C=O) groups is 6. The number of fused-ring (bicyclic) bond motifs is 2. The summed E-state index contributed by atoms with van der Waals surface area (Å²) in [6, 6.07) is 34.5. The second-order valence-corrected chi connectivity index (χ2v) is 22.3. The number of aromatic nitrogens is 6. The second kappa shape index (κ2) is 28.1. The molecule has 0 atom stereocenters. The summed E-state index contributed by atoms with van der Waals surface area (Å²) in [7, 11) is 0. The first-order chi connectivity index (χ1) is 43.0. The highest BCUT2D eigenvalue weighted by atomic mass is 35.5. The third kappa shape index (κ3) is 15.7. The summed E-state index contributed by atoms with van der Waals surface area (Å²) in [5.74, 6) is -2.50. The van der Waals surface area contributed by atoms with E-state index in [0.717, 1.165) is 36.3 Å². The molecule has 89 heavy (non-hydrogen) atoms. The van der Waals surface area contributed by atoms with Crippen LogP contribution < -0.4 is 21.3 Å². The molecule has 6 aromatic carbocycles. The van der Waals surface area contributed by atoms with E-state index in [1.54, 1.807) is 125 Å². The van der Waals surface area contributed by atoms with Gasteiger partial charge in [0.2, 0.25) is 17.7 Å². The second-order valence-electron chi connectivity index (χ2n) is 21.4. The number of halogens is 4. The Morgan fingerprint density at radius 2 is 1.01 bits per heavy atom. The molecule has 0 bridgehead atoms. The highest BCUT2D eigenvalue weighted by Gasteiger charge is 2.34. The van der Waals surface area contributed by atoms with E-state index >= 15 is 4.39 Å². The Balaban J connectivity index is 0.000000163. The Kier molecular flexibility index (Phi) is 19.5. The smallest absolute Gasteiger partial charge is 0.323 e. The number of nitrogens with one attached hydrogen (secondary N) is 4. The van der Waals surface area contributed by atoms with Gasteiger partial charge < -0.3 is 40.4 Å². The van der Waals surface area contributed by atoms with Crippen molar-refractivity contribution >= 4 is 114 Å². The molecule has 0 unspecified atom stereocenters. The first kappa shape index (κ1) is 61.9. The van der Waals surface area contributed by atoms with Crippen molar-refractivity contribution in [3.05, 3.63) is 204 Å². The van der Waals surface area contributed by atoms with Crippen molar-refractivity contribution in [2.45, 2.75) is 71.5 Å². The lowest BCUT2D eigenvalue weighted by Crippen LogP contribution is -2.41. The van der Waals surface area contributed by atoms with Crippen LogP contribution in [-0.2, 0) is 32.3 Å². The molecule has 3 amide bonds. The Morgan fingerprint density at radius 3 is 1.45 bits per heavy atom. The SMILES string of the molecule is CC(=O)c1cn(CC(=O)N(CC(=O)Nc2cccc(-c3ccccc3Cl)c2F)C2CC2)c2ccc(Nc3cncnc3)cc12.CC(=O)c1cn(CC(=O)O)c2ccc(Nc3cncnc3)cc12.O=C(CCC1CC1)Nc1cccc(-c2ccccc2Cl)c1F.